The van der Waals surface area contributed by atoms with Crippen molar-refractivity contribution in [2.24, 2.45) is 5.41 Å². The number of carboxylic acid groups (broad SMARTS) is 2. The Bertz CT molecular complexity index is 1330. The molecule has 1 amide bonds. The SMILES string of the molecule is CN(C)CCN(Cc1ccc(F)cc1)C(=O)c1cccc(S(=O)(=O)N2CCCC(C)(C)C2)c1.O=C(O)C=CC(=O)O. The molecule has 12 heteroatoms. The van der Waals surface area contributed by atoms with Crippen molar-refractivity contribution >= 4 is 27.9 Å². The number of piperidine rings is 1. The first kappa shape index (κ1) is 33.6. The summed E-state index contributed by atoms with van der Waals surface area (Å²) in [4.78, 5) is 36.3. The van der Waals surface area contributed by atoms with E-state index in [1.54, 1.807) is 35.2 Å². The molecule has 2 aromatic carbocycles. The zero-order valence-electron chi connectivity index (χ0n) is 23.8. The Hall–Kier alpha value is -3.61. The monoisotopic (exact) mass is 591 g/mol. The number of benzene rings is 2. The summed E-state index contributed by atoms with van der Waals surface area (Å²) in [5, 5.41) is 15.6. The molecule has 1 heterocycles. The molecular formula is C29H38FN3O7S. The summed E-state index contributed by atoms with van der Waals surface area (Å²) in [5.74, 6) is -3.10. The quantitative estimate of drug-likeness (QED) is 0.401. The molecule has 1 aliphatic rings. The summed E-state index contributed by atoms with van der Waals surface area (Å²) in [5.41, 5.74) is 1.06. The van der Waals surface area contributed by atoms with Crippen LogP contribution in [-0.4, -0.2) is 90.9 Å². The van der Waals surface area contributed by atoms with E-state index in [-0.39, 0.29) is 22.0 Å². The zero-order chi connectivity index (χ0) is 30.8. The molecule has 0 aromatic heterocycles. The lowest BCUT2D eigenvalue weighted by molar-refractivity contribution is -0.134. The third-order valence-electron chi connectivity index (χ3n) is 6.34. The molecule has 3 rings (SSSR count). The number of amides is 1. The minimum atomic E-state index is -3.69. The normalized spacial score (nSPS) is 15.3. The van der Waals surface area contributed by atoms with Gasteiger partial charge in [0.1, 0.15) is 5.82 Å². The lowest BCUT2D eigenvalue weighted by Gasteiger charge is -2.37. The van der Waals surface area contributed by atoms with E-state index >= 15 is 0 Å². The average molecular weight is 592 g/mol. The van der Waals surface area contributed by atoms with Crippen LogP contribution in [0, 0.1) is 11.2 Å². The number of aliphatic carboxylic acids is 2. The molecule has 0 atom stereocenters. The van der Waals surface area contributed by atoms with Gasteiger partial charge in [-0.3, -0.25) is 4.79 Å². The second kappa shape index (κ2) is 14.9. The third kappa shape index (κ3) is 11.1. The molecule has 0 unspecified atom stereocenters. The van der Waals surface area contributed by atoms with Gasteiger partial charge < -0.3 is 20.0 Å². The predicted octanol–water partition coefficient (Wildman–Crippen LogP) is 3.55. The number of nitrogens with zero attached hydrogens (tertiary/aromatic N) is 3. The Labute approximate surface area is 240 Å². The molecule has 0 spiro atoms. The first-order chi connectivity index (χ1) is 19.1. The van der Waals surface area contributed by atoms with Crippen LogP contribution in [0.1, 0.15) is 42.6 Å². The fourth-order valence-corrected chi connectivity index (χ4v) is 5.94. The van der Waals surface area contributed by atoms with Gasteiger partial charge in [0.25, 0.3) is 5.91 Å². The Kier molecular flexibility index (Phi) is 12.2. The number of rotatable bonds is 10. The minimum Gasteiger partial charge on any atom is -0.478 e. The van der Waals surface area contributed by atoms with E-state index in [1.165, 1.54) is 22.5 Å². The van der Waals surface area contributed by atoms with Crippen molar-refractivity contribution < 1.29 is 37.4 Å². The zero-order valence-corrected chi connectivity index (χ0v) is 24.6. The van der Waals surface area contributed by atoms with Gasteiger partial charge in [0, 0.05) is 50.4 Å². The van der Waals surface area contributed by atoms with E-state index in [0.717, 1.165) is 18.4 Å². The Morgan fingerprint density at radius 1 is 1.00 bits per heavy atom. The van der Waals surface area contributed by atoms with Crippen molar-refractivity contribution in [1.82, 2.24) is 14.1 Å². The van der Waals surface area contributed by atoms with Gasteiger partial charge in [0.2, 0.25) is 10.0 Å². The fraction of sp³-hybridized carbons (Fsp3) is 0.414. The van der Waals surface area contributed by atoms with Crippen LogP contribution in [-0.2, 0) is 26.2 Å². The Balaban J connectivity index is 0.000000642. The van der Waals surface area contributed by atoms with Gasteiger partial charge in [-0.15, -0.1) is 0 Å². The lowest BCUT2D eigenvalue weighted by Crippen LogP contribution is -2.43. The number of halogens is 1. The highest BCUT2D eigenvalue weighted by Gasteiger charge is 2.34. The second-order valence-corrected chi connectivity index (χ2v) is 12.7. The number of hydrogen-bond donors (Lipinski definition) is 2. The molecular weight excluding hydrogens is 553 g/mol. The maximum Gasteiger partial charge on any atom is 0.328 e. The molecule has 1 aliphatic heterocycles. The summed E-state index contributed by atoms with van der Waals surface area (Å²) < 4.78 is 41.5. The number of carboxylic acids is 2. The van der Waals surface area contributed by atoms with Crippen LogP contribution in [0.5, 0.6) is 0 Å². The molecule has 10 nitrogen and oxygen atoms in total. The summed E-state index contributed by atoms with van der Waals surface area (Å²) in [6, 6.07) is 12.4. The van der Waals surface area contributed by atoms with Crippen LogP contribution in [0.15, 0.2) is 65.6 Å². The van der Waals surface area contributed by atoms with Gasteiger partial charge in [0.15, 0.2) is 0 Å². The highest BCUT2D eigenvalue weighted by Crippen LogP contribution is 2.32. The molecule has 0 saturated carbocycles. The van der Waals surface area contributed by atoms with Gasteiger partial charge in [-0.1, -0.05) is 32.0 Å². The maximum absolute atomic E-state index is 13.4. The van der Waals surface area contributed by atoms with Gasteiger partial charge in [0.05, 0.1) is 4.90 Å². The summed E-state index contributed by atoms with van der Waals surface area (Å²) in [6.45, 7) is 6.52. The largest absolute Gasteiger partial charge is 0.478 e. The Morgan fingerprint density at radius 3 is 2.15 bits per heavy atom. The van der Waals surface area contributed by atoms with Crippen LogP contribution >= 0.6 is 0 Å². The van der Waals surface area contributed by atoms with Crippen LogP contribution in [0.3, 0.4) is 0 Å². The molecule has 0 bridgehead atoms. The summed E-state index contributed by atoms with van der Waals surface area (Å²) >= 11 is 0. The third-order valence-corrected chi connectivity index (χ3v) is 8.18. The second-order valence-electron chi connectivity index (χ2n) is 10.8. The van der Waals surface area contributed by atoms with E-state index in [2.05, 4.69) is 13.8 Å². The highest BCUT2D eigenvalue weighted by atomic mass is 32.2. The van der Waals surface area contributed by atoms with Crippen molar-refractivity contribution in [2.45, 2.75) is 38.1 Å². The van der Waals surface area contributed by atoms with Crippen molar-refractivity contribution in [3.8, 4) is 0 Å². The fourth-order valence-electron chi connectivity index (χ4n) is 4.22. The molecule has 1 fully saturated rings. The van der Waals surface area contributed by atoms with Crippen molar-refractivity contribution in [1.29, 1.82) is 0 Å². The molecule has 2 N–H and O–H groups in total. The number of sulfonamides is 1. The maximum atomic E-state index is 13.4. The number of hydrogen-bond acceptors (Lipinski definition) is 6. The first-order valence-corrected chi connectivity index (χ1v) is 14.5. The van der Waals surface area contributed by atoms with E-state index < -0.39 is 22.0 Å². The molecule has 0 radical (unpaired) electrons. The first-order valence-electron chi connectivity index (χ1n) is 13.0. The Morgan fingerprint density at radius 2 is 1.61 bits per heavy atom. The van der Waals surface area contributed by atoms with E-state index in [9.17, 15) is 27.2 Å². The van der Waals surface area contributed by atoms with Crippen LogP contribution < -0.4 is 0 Å². The summed E-state index contributed by atoms with van der Waals surface area (Å²) in [7, 11) is 0.157. The highest BCUT2D eigenvalue weighted by molar-refractivity contribution is 7.89. The van der Waals surface area contributed by atoms with Crippen LogP contribution in [0.25, 0.3) is 0 Å². The standard InChI is InChI=1S/C25H34FN3O3S.C4H4O4/c1-25(2)13-6-14-29(19-25)33(31,32)23-8-5-7-21(17-23)24(30)28(16-15-27(3)4)18-20-9-11-22(26)12-10-20;5-3(6)1-2-4(7)8/h5,7-12,17H,6,13-16,18-19H2,1-4H3;1-2H,(H,5,6)(H,7,8). The number of carbonyl (C=O) groups excluding carboxylic acids is 1. The van der Waals surface area contributed by atoms with Gasteiger partial charge in [-0.2, -0.15) is 4.31 Å². The molecule has 224 valence electrons. The van der Waals surface area contributed by atoms with E-state index in [0.29, 0.717) is 50.4 Å². The smallest absolute Gasteiger partial charge is 0.328 e. The predicted molar refractivity (Wildman–Crippen MR) is 152 cm³/mol. The van der Waals surface area contributed by atoms with Gasteiger partial charge in [-0.25, -0.2) is 22.4 Å². The van der Waals surface area contributed by atoms with Crippen molar-refractivity contribution in [2.75, 3.05) is 40.3 Å². The van der Waals surface area contributed by atoms with Gasteiger partial charge >= 0.3 is 11.9 Å². The summed E-state index contributed by atoms with van der Waals surface area (Å²) in [6.07, 6.45) is 2.92. The van der Waals surface area contributed by atoms with Crippen LogP contribution in [0.4, 0.5) is 4.39 Å². The van der Waals surface area contributed by atoms with Crippen LogP contribution in [0.2, 0.25) is 0 Å². The lowest BCUT2D eigenvalue weighted by atomic mass is 9.85. The average Bonchev–Trinajstić information content (AvgIpc) is 2.90. The minimum absolute atomic E-state index is 0.0725. The number of carbonyl (C=O) groups is 3. The molecule has 2 aromatic rings. The molecule has 1 saturated heterocycles. The van der Waals surface area contributed by atoms with Crippen molar-refractivity contribution in [3.63, 3.8) is 0 Å². The van der Waals surface area contributed by atoms with Crippen molar-refractivity contribution in [3.05, 3.63) is 77.6 Å². The number of likely N-dealkylation sites (N-methyl/N-ethyl adjacent to an activating group) is 1. The molecule has 0 aliphatic carbocycles. The van der Waals surface area contributed by atoms with Gasteiger partial charge in [-0.05, 0) is 68.2 Å². The molecule has 41 heavy (non-hydrogen) atoms. The topological polar surface area (TPSA) is 136 Å². The van der Waals surface area contributed by atoms with E-state index in [4.69, 9.17) is 10.2 Å². The van der Waals surface area contributed by atoms with E-state index in [1.807, 2.05) is 19.0 Å².